The van der Waals surface area contributed by atoms with Gasteiger partial charge in [0.15, 0.2) is 11.5 Å². The van der Waals surface area contributed by atoms with Gasteiger partial charge in [0.25, 0.3) is 0 Å². The van der Waals surface area contributed by atoms with Gasteiger partial charge >= 0.3 is 0 Å². The van der Waals surface area contributed by atoms with E-state index in [0.29, 0.717) is 43.9 Å². The van der Waals surface area contributed by atoms with Crippen molar-refractivity contribution in [2.45, 2.75) is 19.3 Å². The van der Waals surface area contributed by atoms with E-state index in [1.807, 2.05) is 18.2 Å². The molecule has 0 bridgehead atoms. The number of nitrogens with two attached hydrogens (primary N) is 1. The molecule has 0 unspecified atom stereocenters. The minimum atomic E-state index is -0.329. The molecule has 2 amide bonds. The Bertz CT molecular complexity index is 559. The summed E-state index contributed by atoms with van der Waals surface area (Å²) in [5, 5.41) is 0. The summed E-state index contributed by atoms with van der Waals surface area (Å²) in [4.78, 5) is 25.1. The molecule has 0 radical (unpaired) electrons. The number of likely N-dealkylation sites (tertiary alicyclic amines) is 1. The van der Waals surface area contributed by atoms with Crippen molar-refractivity contribution in [2.24, 2.45) is 11.7 Å². The van der Waals surface area contributed by atoms with E-state index in [-0.39, 0.29) is 17.7 Å². The molecule has 0 spiro atoms. The fraction of sp³-hybridized carbons (Fsp3) is 0.500. The van der Waals surface area contributed by atoms with E-state index in [4.69, 9.17) is 15.2 Å². The summed E-state index contributed by atoms with van der Waals surface area (Å²) in [6.07, 6.45) is 1.59. The van der Waals surface area contributed by atoms with Gasteiger partial charge in [-0.3, -0.25) is 9.59 Å². The molecule has 1 heterocycles. The Morgan fingerprint density at radius 3 is 2.68 bits per heavy atom. The number of hydrogen-bond acceptors (Lipinski definition) is 4. The third kappa shape index (κ3) is 3.50. The van der Waals surface area contributed by atoms with Gasteiger partial charge in [-0.15, -0.1) is 0 Å². The van der Waals surface area contributed by atoms with E-state index in [1.165, 1.54) is 0 Å². The summed E-state index contributed by atoms with van der Waals surface area (Å²) in [5.41, 5.74) is 6.22. The number of primary amides is 1. The second-order valence-electron chi connectivity index (χ2n) is 5.38. The van der Waals surface area contributed by atoms with Crippen molar-refractivity contribution in [3.8, 4) is 11.5 Å². The SMILES string of the molecule is COc1cccc(CCC(=O)N2CC[C@H](C(N)=O)C2)c1OC. The van der Waals surface area contributed by atoms with Gasteiger partial charge in [-0.05, 0) is 24.5 Å². The number of hydrogen-bond donors (Lipinski definition) is 1. The molecule has 1 fully saturated rings. The number of aryl methyl sites for hydroxylation is 1. The predicted octanol–water partition coefficient (Wildman–Crippen LogP) is 0.970. The summed E-state index contributed by atoms with van der Waals surface area (Å²) in [6.45, 7) is 1.03. The minimum absolute atomic E-state index is 0.0358. The highest BCUT2D eigenvalue weighted by atomic mass is 16.5. The number of nitrogens with zero attached hydrogens (tertiary/aromatic N) is 1. The van der Waals surface area contributed by atoms with E-state index in [9.17, 15) is 9.59 Å². The van der Waals surface area contributed by atoms with Crippen molar-refractivity contribution in [1.82, 2.24) is 4.90 Å². The first-order valence-electron chi connectivity index (χ1n) is 7.33. The third-order valence-electron chi connectivity index (χ3n) is 4.04. The first-order chi connectivity index (χ1) is 10.6. The number of para-hydroxylation sites is 1. The molecule has 2 rings (SSSR count). The lowest BCUT2D eigenvalue weighted by molar-refractivity contribution is -0.130. The van der Waals surface area contributed by atoms with Crippen LogP contribution in [0.1, 0.15) is 18.4 Å². The Morgan fingerprint density at radius 1 is 1.32 bits per heavy atom. The number of amides is 2. The van der Waals surface area contributed by atoms with Crippen molar-refractivity contribution in [3.63, 3.8) is 0 Å². The maximum absolute atomic E-state index is 12.2. The average Bonchev–Trinajstić information content (AvgIpc) is 3.02. The van der Waals surface area contributed by atoms with Crippen LogP contribution in [0.5, 0.6) is 11.5 Å². The molecule has 0 aromatic heterocycles. The molecule has 1 aliphatic rings. The van der Waals surface area contributed by atoms with Gasteiger partial charge < -0.3 is 20.1 Å². The van der Waals surface area contributed by atoms with Crippen LogP contribution < -0.4 is 15.2 Å². The summed E-state index contributed by atoms with van der Waals surface area (Å²) >= 11 is 0. The molecular formula is C16H22N2O4. The average molecular weight is 306 g/mol. The van der Waals surface area contributed by atoms with Gasteiger partial charge in [-0.25, -0.2) is 0 Å². The molecule has 1 aromatic rings. The van der Waals surface area contributed by atoms with Crippen LogP contribution in [0.3, 0.4) is 0 Å². The van der Waals surface area contributed by atoms with Crippen LogP contribution in [-0.2, 0) is 16.0 Å². The standard InChI is InChI=1S/C16H22N2O4/c1-21-13-5-3-4-11(15(13)22-2)6-7-14(19)18-9-8-12(10-18)16(17)20/h3-5,12H,6-10H2,1-2H3,(H2,17,20)/t12-/m0/s1. The van der Waals surface area contributed by atoms with Crippen LogP contribution in [0, 0.1) is 5.92 Å². The summed E-state index contributed by atoms with van der Waals surface area (Å²) in [5.74, 6) is 0.811. The summed E-state index contributed by atoms with van der Waals surface area (Å²) < 4.78 is 10.6. The normalized spacial score (nSPS) is 17.4. The molecule has 120 valence electrons. The molecule has 2 N–H and O–H groups in total. The molecule has 6 heteroatoms. The molecule has 0 aliphatic carbocycles. The number of ether oxygens (including phenoxy) is 2. The summed E-state index contributed by atoms with van der Waals surface area (Å²) in [7, 11) is 3.17. The highest BCUT2D eigenvalue weighted by molar-refractivity contribution is 5.81. The summed E-state index contributed by atoms with van der Waals surface area (Å²) in [6, 6.07) is 5.62. The van der Waals surface area contributed by atoms with Crippen LogP contribution >= 0.6 is 0 Å². The second kappa shape index (κ2) is 7.15. The van der Waals surface area contributed by atoms with Crippen molar-refractivity contribution >= 4 is 11.8 Å². The van der Waals surface area contributed by atoms with Gasteiger partial charge in [-0.2, -0.15) is 0 Å². The topological polar surface area (TPSA) is 81.9 Å². The quantitative estimate of drug-likeness (QED) is 0.849. The molecular weight excluding hydrogens is 284 g/mol. The van der Waals surface area contributed by atoms with Crippen LogP contribution in [0.4, 0.5) is 0 Å². The molecule has 22 heavy (non-hydrogen) atoms. The molecule has 1 aliphatic heterocycles. The van der Waals surface area contributed by atoms with Crippen molar-refractivity contribution in [2.75, 3.05) is 27.3 Å². The molecule has 6 nitrogen and oxygen atoms in total. The van der Waals surface area contributed by atoms with Gasteiger partial charge in [0.05, 0.1) is 20.1 Å². The first-order valence-corrected chi connectivity index (χ1v) is 7.33. The lowest BCUT2D eigenvalue weighted by Gasteiger charge is -2.17. The number of carbonyl (C=O) groups is 2. The van der Waals surface area contributed by atoms with Gasteiger partial charge in [0.2, 0.25) is 11.8 Å². The van der Waals surface area contributed by atoms with Gasteiger partial charge in [-0.1, -0.05) is 12.1 Å². The van der Waals surface area contributed by atoms with E-state index >= 15 is 0 Å². The minimum Gasteiger partial charge on any atom is -0.493 e. The van der Waals surface area contributed by atoms with Gasteiger partial charge in [0, 0.05) is 19.5 Å². The van der Waals surface area contributed by atoms with Gasteiger partial charge in [0.1, 0.15) is 0 Å². The molecule has 1 aromatic carbocycles. The molecule has 1 saturated heterocycles. The number of rotatable bonds is 6. The Kier molecular flexibility index (Phi) is 5.25. The van der Waals surface area contributed by atoms with E-state index in [2.05, 4.69) is 0 Å². The Morgan fingerprint density at radius 2 is 2.09 bits per heavy atom. The first kappa shape index (κ1) is 16.1. The van der Waals surface area contributed by atoms with Crippen molar-refractivity contribution in [1.29, 1.82) is 0 Å². The van der Waals surface area contributed by atoms with Crippen LogP contribution in [0.2, 0.25) is 0 Å². The van der Waals surface area contributed by atoms with E-state index in [1.54, 1.807) is 19.1 Å². The highest BCUT2D eigenvalue weighted by Gasteiger charge is 2.29. The van der Waals surface area contributed by atoms with Crippen LogP contribution in [-0.4, -0.2) is 44.0 Å². The van der Waals surface area contributed by atoms with Crippen molar-refractivity contribution in [3.05, 3.63) is 23.8 Å². The predicted molar refractivity (Wildman–Crippen MR) is 81.7 cm³/mol. The van der Waals surface area contributed by atoms with Crippen LogP contribution in [0.25, 0.3) is 0 Å². The number of benzene rings is 1. The number of carbonyl (C=O) groups excluding carboxylic acids is 2. The zero-order chi connectivity index (χ0) is 16.1. The maximum atomic E-state index is 12.2. The Balaban J connectivity index is 1.96. The maximum Gasteiger partial charge on any atom is 0.222 e. The lowest BCUT2D eigenvalue weighted by atomic mass is 10.1. The van der Waals surface area contributed by atoms with Crippen LogP contribution in [0.15, 0.2) is 18.2 Å². The smallest absolute Gasteiger partial charge is 0.222 e. The Hall–Kier alpha value is -2.24. The third-order valence-corrected chi connectivity index (χ3v) is 4.04. The molecule has 1 atom stereocenters. The monoisotopic (exact) mass is 306 g/mol. The van der Waals surface area contributed by atoms with Crippen molar-refractivity contribution < 1.29 is 19.1 Å². The largest absolute Gasteiger partial charge is 0.493 e. The number of methoxy groups -OCH3 is 2. The Labute approximate surface area is 130 Å². The highest BCUT2D eigenvalue weighted by Crippen LogP contribution is 2.31. The second-order valence-corrected chi connectivity index (χ2v) is 5.38. The van der Waals surface area contributed by atoms with E-state index in [0.717, 1.165) is 5.56 Å². The lowest BCUT2D eigenvalue weighted by Crippen LogP contribution is -2.31. The fourth-order valence-corrected chi connectivity index (χ4v) is 2.77. The van der Waals surface area contributed by atoms with E-state index < -0.39 is 0 Å². The zero-order valence-electron chi connectivity index (χ0n) is 13.0. The molecule has 0 saturated carbocycles. The zero-order valence-corrected chi connectivity index (χ0v) is 13.0. The fourth-order valence-electron chi connectivity index (χ4n) is 2.77.